The number of aromatic nitrogens is 2. The summed E-state index contributed by atoms with van der Waals surface area (Å²) in [4.78, 5) is 26.3. The monoisotopic (exact) mass is 1140 g/mol. The summed E-state index contributed by atoms with van der Waals surface area (Å²) in [5.74, 6) is 1.02. The van der Waals surface area contributed by atoms with Gasteiger partial charge in [0.15, 0.2) is 0 Å². The number of ether oxygens (including phenoxy) is 1. The molecule has 0 aliphatic rings. The van der Waals surface area contributed by atoms with Crippen LogP contribution in [0.25, 0.3) is 55.2 Å². The Hall–Kier alpha value is -4.38. The molecule has 0 spiro atoms. The van der Waals surface area contributed by atoms with Gasteiger partial charge in [-0.2, -0.15) is 0 Å². The van der Waals surface area contributed by atoms with Crippen LogP contribution in [-0.2, 0) is 18.5 Å². The van der Waals surface area contributed by atoms with E-state index in [-0.39, 0.29) is 44.4 Å². The second-order valence-corrected chi connectivity index (χ2v) is 21.3. The normalized spacial score (nSPS) is 10.5. The zero-order chi connectivity index (χ0) is 45.6. The molecule has 63 heavy (non-hydrogen) atoms. The van der Waals surface area contributed by atoms with Crippen LogP contribution in [0.3, 0.4) is 0 Å². The van der Waals surface area contributed by atoms with Crippen molar-refractivity contribution in [2.75, 3.05) is 12.4 Å². The zero-order valence-corrected chi connectivity index (χ0v) is 41.3. The van der Waals surface area contributed by atoms with Crippen molar-refractivity contribution in [3.8, 4) is 50.9 Å². The van der Waals surface area contributed by atoms with Gasteiger partial charge in [0.1, 0.15) is 17.2 Å². The summed E-state index contributed by atoms with van der Waals surface area (Å²) in [7, 11) is 1.62. The van der Waals surface area contributed by atoms with E-state index in [4.69, 9.17) is 27.9 Å². The van der Waals surface area contributed by atoms with Gasteiger partial charge in [-0.15, -0.1) is 70.5 Å². The molecule has 0 atom stereocenters. The molecule has 0 fully saturated rings. The first-order valence-corrected chi connectivity index (χ1v) is 23.8. The van der Waals surface area contributed by atoms with Crippen LogP contribution < -0.4 is 15.9 Å². The molecule has 2 heterocycles. The van der Waals surface area contributed by atoms with Gasteiger partial charge in [-0.1, -0.05) is 70.5 Å². The van der Waals surface area contributed by atoms with E-state index in [9.17, 15) is 30.0 Å². The Kier molecular flexibility index (Phi) is 19.0. The van der Waals surface area contributed by atoms with Crippen molar-refractivity contribution in [3.05, 3.63) is 183 Å². The average Bonchev–Trinajstić information content (AvgIpc) is 3.30. The smallest absolute Gasteiger partial charge is 0.369 e. The molecule has 0 saturated heterocycles. The van der Waals surface area contributed by atoms with E-state index in [0.29, 0.717) is 16.2 Å². The highest BCUT2D eigenvalue weighted by molar-refractivity contribution is 9.69. The third kappa shape index (κ3) is 12.9. The second-order valence-electron chi connectivity index (χ2n) is 13.5. The second kappa shape index (κ2) is 24.1. The maximum absolute atomic E-state index is 13.2. The number of benzene rings is 6. The van der Waals surface area contributed by atoms with Crippen molar-refractivity contribution in [1.29, 1.82) is 0 Å². The van der Waals surface area contributed by atoms with Crippen LogP contribution in [0.15, 0.2) is 155 Å². The van der Waals surface area contributed by atoms with Gasteiger partial charge in [0.25, 0.3) is 11.1 Å². The molecule has 0 bridgehead atoms. The summed E-state index contributed by atoms with van der Waals surface area (Å²) in [5, 5.41) is 41.8. The Morgan fingerprint density at radius 1 is 0.556 bits per heavy atom. The first-order valence-electron chi connectivity index (χ1n) is 18.9. The summed E-state index contributed by atoms with van der Waals surface area (Å²) in [6, 6.07) is 39.6. The Morgan fingerprint density at radius 3 is 1.40 bits per heavy atom. The van der Waals surface area contributed by atoms with Gasteiger partial charge in [-0.3, -0.25) is 18.7 Å². The fourth-order valence-electron chi connectivity index (χ4n) is 6.58. The standard InChI is InChI=1S/C24H21NO4.C22H16BrNO3.CH2Cl2.BBr3/c1-29-20-9-5-18(6-10-20)23-13-25(19-7-2-16(14-26)3-8-19)24(28)21-11-4-17(15-27)12-22(21)23;23-12-14-1-5-16(6-2-14)24-13-21(15-3-7-17(25)8-4-15)20-11-18(26)9-10-19(20)22(24)27;2-1-3;2-1(3)4/h2-13,26-27H,14-15H2,1H3;1-11,13,25-26H,12H2;1H2;. The summed E-state index contributed by atoms with van der Waals surface area (Å²) in [6.45, 7) is -0.141. The third-order valence-corrected chi connectivity index (χ3v) is 10.3. The van der Waals surface area contributed by atoms with E-state index < -0.39 is 0 Å². The van der Waals surface area contributed by atoms with Crippen molar-refractivity contribution >= 4 is 111 Å². The van der Waals surface area contributed by atoms with Crippen LogP contribution in [0, 0.1) is 0 Å². The summed E-state index contributed by atoms with van der Waals surface area (Å²) < 4.78 is 8.75. The third-order valence-electron chi connectivity index (χ3n) is 9.61. The fourth-order valence-corrected chi connectivity index (χ4v) is 6.95. The predicted octanol–water partition coefficient (Wildman–Crippen LogP) is 12.2. The highest BCUT2D eigenvalue weighted by Crippen LogP contribution is 2.32. The van der Waals surface area contributed by atoms with E-state index in [1.54, 1.807) is 83.1 Å². The summed E-state index contributed by atoms with van der Waals surface area (Å²) in [5.41, 5.74) is 7.29. The summed E-state index contributed by atoms with van der Waals surface area (Å²) >= 11 is 22.3. The van der Waals surface area contributed by atoms with Crippen molar-refractivity contribution in [2.24, 2.45) is 0 Å². The van der Waals surface area contributed by atoms with Gasteiger partial charge in [0, 0.05) is 56.4 Å². The molecule has 4 N–H and O–H groups in total. The maximum Gasteiger partial charge on any atom is 0.369 e. The highest BCUT2D eigenvalue weighted by atomic mass is 79.9. The summed E-state index contributed by atoms with van der Waals surface area (Å²) in [6.07, 6.45) is 3.60. The van der Waals surface area contributed by atoms with E-state index in [0.717, 1.165) is 66.8 Å². The molecule has 324 valence electrons. The van der Waals surface area contributed by atoms with E-state index in [1.807, 2.05) is 72.9 Å². The van der Waals surface area contributed by atoms with E-state index >= 15 is 0 Å². The first kappa shape index (κ1) is 49.6. The molecule has 8 aromatic rings. The Bertz CT molecular complexity index is 2880. The minimum atomic E-state index is -0.154. The molecule has 6 aromatic carbocycles. The number of methoxy groups -OCH3 is 1. The number of fused-ring (bicyclic) bond motifs is 2. The lowest BCUT2D eigenvalue weighted by atomic mass is 9.98. The number of alkyl halides is 3. The van der Waals surface area contributed by atoms with Crippen molar-refractivity contribution in [3.63, 3.8) is 0 Å². The number of aromatic hydroxyl groups is 2. The fraction of sp³-hybridized carbons (Fsp3) is 0.106. The molecular formula is C47H39BBr4Cl2N2O7. The van der Waals surface area contributed by atoms with E-state index in [1.165, 1.54) is 6.07 Å². The highest BCUT2D eigenvalue weighted by Gasteiger charge is 2.15. The molecule has 0 aliphatic heterocycles. The van der Waals surface area contributed by atoms with Crippen molar-refractivity contribution < 1.29 is 25.2 Å². The Labute approximate surface area is 407 Å². The lowest BCUT2D eigenvalue weighted by molar-refractivity contribution is 0.281. The number of phenolic OH excluding ortho intramolecular Hbond substituents is 2. The van der Waals surface area contributed by atoms with Crippen LogP contribution in [-0.4, -0.2) is 45.2 Å². The van der Waals surface area contributed by atoms with Gasteiger partial charge in [0.2, 0.25) is 0 Å². The average molecular weight is 1150 g/mol. The number of halogens is 6. The lowest BCUT2D eigenvalue weighted by Crippen LogP contribution is -2.18. The number of pyridine rings is 2. The van der Waals surface area contributed by atoms with Crippen molar-refractivity contribution in [1.82, 2.24) is 9.13 Å². The lowest BCUT2D eigenvalue weighted by Gasteiger charge is -2.14. The molecule has 0 aliphatic carbocycles. The van der Waals surface area contributed by atoms with Crippen LogP contribution in [0.2, 0.25) is 0 Å². The SMILES string of the molecule is BrB(Br)Br.COc1ccc(-c2cn(-c3ccc(CO)cc3)c(=O)c3ccc(CO)cc23)cc1.ClCCl.O=c1c2ccc(O)cc2c(-c2ccc(O)cc2)cn1-c1ccc(CBr)cc1. The molecule has 16 heteroatoms. The van der Waals surface area contributed by atoms with Gasteiger partial charge in [-0.05, 0) is 112 Å². The molecule has 0 amide bonds. The number of aliphatic hydroxyl groups excluding tert-OH is 2. The molecular weight excluding hydrogens is 1110 g/mol. The minimum Gasteiger partial charge on any atom is -0.508 e. The van der Waals surface area contributed by atoms with Gasteiger partial charge in [-0.25, -0.2) is 0 Å². The molecule has 2 aromatic heterocycles. The molecule has 0 radical (unpaired) electrons. The molecule has 9 nitrogen and oxygen atoms in total. The van der Waals surface area contributed by atoms with Crippen LogP contribution in [0.4, 0.5) is 0 Å². The number of rotatable bonds is 8. The quantitative estimate of drug-likeness (QED) is 0.0879. The zero-order valence-electron chi connectivity index (χ0n) is 33.4. The maximum atomic E-state index is 13.2. The van der Waals surface area contributed by atoms with Gasteiger partial charge < -0.3 is 25.2 Å². The van der Waals surface area contributed by atoms with Crippen LogP contribution in [0.1, 0.15) is 16.7 Å². The first-order chi connectivity index (χ1) is 30.3. The topological polar surface area (TPSA) is 134 Å². The predicted molar refractivity (Wildman–Crippen MR) is 273 cm³/mol. The van der Waals surface area contributed by atoms with Crippen LogP contribution in [0.5, 0.6) is 17.2 Å². The minimum absolute atomic E-state index is 0.0477. The number of aliphatic hydroxyl groups is 2. The van der Waals surface area contributed by atoms with Crippen LogP contribution >= 0.6 is 86.4 Å². The Balaban J connectivity index is 0.000000208. The van der Waals surface area contributed by atoms with Gasteiger partial charge >= 0.3 is 3.18 Å². The number of hydrogen-bond acceptors (Lipinski definition) is 7. The van der Waals surface area contributed by atoms with Gasteiger partial charge in [0.05, 0.1) is 25.7 Å². The number of hydrogen-bond donors (Lipinski definition) is 4. The van der Waals surface area contributed by atoms with E-state index in [2.05, 4.69) is 63.2 Å². The van der Waals surface area contributed by atoms with Crippen molar-refractivity contribution in [2.45, 2.75) is 18.5 Å². The molecule has 0 saturated carbocycles. The number of nitrogens with zero attached hydrogens (tertiary/aromatic N) is 2. The largest absolute Gasteiger partial charge is 0.508 e. The Morgan fingerprint density at radius 2 is 0.952 bits per heavy atom. The number of phenols is 2. The molecule has 0 unspecified atom stereocenters. The molecule has 8 rings (SSSR count).